The summed E-state index contributed by atoms with van der Waals surface area (Å²) in [4.78, 5) is 11.9. The highest BCUT2D eigenvalue weighted by Crippen LogP contribution is 2.21. The average Bonchev–Trinajstić information content (AvgIpc) is 2.27. The molecule has 0 aliphatic heterocycles. The molecule has 0 saturated heterocycles. The van der Waals surface area contributed by atoms with E-state index in [1.807, 2.05) is 13.0 Å². The summed E-state index contributed by atoms with van der Waals surface area (Å²) in [6.07, 6.45) is 1.10. The zero-order valence-corrected chi connectivity index (χ0v) is 12.5. The van der Waals surface area contributed by atoms with Crippen LogP contribution in [0.15, 0.2) is 24.3 Å². The number of hydrogen-bond donors (Lipinski definition) is 1. The van der Waals surface area contributed by atoms with Crippen molar-refractivity contribution >= 4 is 21.6 Å². The Morgan fingerprint density at radius 3 is 2.53 bits per heavy atom. The Labute approximate surface area is 114 Å². The minimum absolute atomic E-state index is 0.311. The largest absolute Gasteiger partial charge is 0.355 e. The van der Waals surface area contributed by atoms with E-state index in [1.165, 1.54) is 0 Å². The van der Waals surface area contributed by atoms with E-state index in [0.29, 0.717) is 12.2 Å². The summed E-state index contributed by atoms with van der Waals surface area (Å²) < 4.78 is 25.0. The van der Waals surface area contributed by atoms with Crippen molar-refractivity contribution in [3.63, 3.8) is 0 Å². The first-order valence-electron chi connectivity index (χ1n) is 6.11. The van der Waals surface area contributed by atoms with Gasteiger partial charge in [-0.3, -0.25) is 9.10 Å². The number of rotatable bonds is 5. The standard InChI is InChI=1S/C13H20N2O3S/c1-5-14-13(16)11(3)15(19(4,17)18)12-8-6-7-10(2)9-12/h6-9,11H,5H2,1-4H3,(H,14,16)/t11-/m1/s1. The fourth-order valence-electron chi connectivity index (χ4n) is 1.90. The molecule has 1 atom stereocenters. The molecule has 0 aromatic heterocycles. The van der Waals surface area contributed by atoms with Crippen molar-refractivity contribution in [3.05, 3.63) is 29.8 Å². The van der Waals surface area contributed by atoms with Gasteiger partial charge in [-0.25, -0.2) is 8.42 Å². The second-order valence-electron chi connectivity index (χ2n) is 4.47. The number of amides is 1. The first-order chi connectivity index (χ1) is 8.77. The molecule has 0 heterocycles. The van der Waals surface area contributed by atoms with E-state index < -0.39 is 16.1 Å². The molecular formula is C13H20N2O3S. The number of sulfonamides is 1. The van der Waals surface area contributed by atoms with Crippen LogP contribution in [-0.4, -0.2) is 33.2 Å². The van der Waals surface area contributed by atoms with E-state index in [4.69, 9.17) is 0 Å². The fraction of sp³-hybridized carbons (Fsp3) is 0.462. The second kappa shape index (κ2) is 6.06. The maximum absolute atomic E-state index is 11.9. The van der Waals surface area contributed by atoms with Crippen molar-refractivity contribution in [3.8, 4) is 0 Å². The number of carbonyl (C=O) groups is 1. The van der Waals surface area contributed by atoms with Gasteiger partial charge in [0.05, 0.1) is 11.9 Å². The lowest BCUT2D eigenvalue weighted by Crippen LogP contribution is -2.47. The number of carbonyl (C=O) groups excluding carboxylic acids is 1. The smallest absolute Gasteiger partial charge is 0.243 e. The fourth-order valence-corrected chi connectivity index (χ4v) is 3.06. The molecule has 6 heteroatoms. The van der Waals surface area contributed by atoms with Crippen LogP contribution in [-0.2, 0) is 14.8 Å². The van der Waals surface area contributed by atoms with Crippen molar-refractivity contribution in [2.75, 3.05) is 17.1 Å². The molecule has 0 aliphatic carbocycles. The van der Waals surface area contributed by atoms with Gasteiger partial charge < -0.3 is 5.32 Å². The van der Waals surface area contributed by atoms with Crippen molar-refractivity contribution in [1.82, 2.24) is 5.32 Å². The Balaban J connectivity index is 3.20. The highest BCUT2D eigenvalue weighted by molar-refractivity contribution is 7.92. The Morgan fingerprint density at radius 2 is 2.05 bits per heavy atom. The molecule has 0 fully saturated rings. The molecule has 5 nitrogen and oxygen atoms in total. The van der Waals surface area contributed by atoms with Crippen LogP contribution in [0.2, 0.25) is 0 Å². The predicted octanol–water partition coefficient (Wildman–Crippen LogP) is 1.29. The van der Waals surface area contributed by atoms with E-state index in [1.54, 1.807) is 32.0 Å². The third-order valence-electron chi connectivity index (χ3n) is 2.70. The molecule has 1 aromatic carbocycles. The zero-order chi connectivity index (χ0) is 14.6. The molecule has 1 aromatic rings. The van der Waals surface area contributed by atoms with E-state index in [-0.39, 0.29) is 5.91 Å². The van der Waals surface area contributed by atoms with Gasteiger partial charge in [-0.05, 0) is 38.5 Å². The van der Waals surface area contributed by atoms with Gasteiger partial charge in [-0.2, -0.15) is 0 Å². The van der Waals surface area contributed by atoms with Gasteiger partial charge in [0.25, 0.3) is 0 Å². The van der Waals surface area contributed by atoms with Gasteiger partial charge in [-0.15, -0.1) is 0 Å². The van der Waals surface area contributed by atoms with Crippen LogP contribution >= 0.6 is 0 Å². The summed E-state index contributed by atoms with van der Waals surface area (Å²) in [6.45, 7) is 5.71. The summed E-state index contributed by atoms with van der Waals surface area (Å²) in [6, 6.07) is 6.30. The van der Waals surface area contributed by atoms with Crippen LogP contribution in [0.4, 0.5) is 5.69 Å². The summed E-state index contributed by atoms with van der Waals surface area (Å²) in [7, 11) is -3.52. The van der Waals surface area contributed by atoms with E-state index in [0.717, 1.165) is 16.1 Å². The number of anilines is 1. The number of nitrogens with one attached hydrogen (secondary N) is 1. The van der Waals surface area contributed by atoms with Crippen LogP contribution in [0.1, 0.15) is 19.4 Å². The number of hydrogen-bond acceptors (Lipinski definition) is 3. The normalized spacial score (nSPS) is 12.8. The molecule has 0 bridgehead atoms. The zero-order valence-electron chi connectivity index (χ0n) is 11.7. The highest BCUT2D eigenvalue weighted by Gasteiger charge is 2.28. The quantitative estimate of drug-likeness (QED) is 0.886. The minimum Gasteiger partial charge on any atom is -0.355 e. The SMILES string of the molecule is CCNC(=O)[C@@H](C)N(c1cccc(C)c1)S(C)(=O)=O. The van der Waals surface area contributed by atoms with Crippen LogP contribution in [0.5, 0.6) is 0 Å². The van der Waals surface area contributed by atoms with E-state index >= 15 is 0 Å². The third kappa shape index (κ3) is 3.96. The molecule has 1 amide bonds. The van der Waals surface area contributed by atoms with Gasteiger partial charge in [0.1, 0.15) is 6.04 Å². The maximum atomic E-state index is 11.9. The summed E-state index contributed by atoms with van der Waals surface area (Å²) >= 11 is 0. The monoisotopic (exact) mass is 284 g/mol. The Hall–Kier alpha value is -1.56. The topological polar surface area (TPSA) is 66.5 Å². The van der Waals surface area contributed by atoms with Gasteiger partial charge >= 0.3 is 0 Å². The maximum Gasteiger partial charge on any atom is 0.243 e. The molecule has 1 rings (SSSR count). The molecular weight excluding hydrogens is 264 g/mol. The molecule has 19 heavy (non-hydrogen) atoms. The average molecular weight is 284 g/mol. The van der Waals surface area contributed by atoms with Gasteiger partial charge in [0, 0.05) is 6.54 Å². The van der Waals surface area contributed by atoms with Crippen molar-refractivity contribution < 1.29 is 13.2 Å². The molecule has 0 radical (unpaired) electrons. The minimum atomic E-state index is -3.52. The first kappa shape index (κ1) is 15.5. The molecule has 0 aliphatic rings. The second-order valence-corrected chi connectivity index (χ2v) is 6.33. The summed E-state index contributed by atoms with van der Waals surface area (Å²) in [5, 5.41) is 2.64. The highest BCUT2D eigenvalue weighted by atomic mass is 32.2. The van der Waals surface area contributed by atoms with Crippen LogP contribution in [0, 0.1) is 6.92 Å². The first-order valence-corrected chi connectivity index (χ1v) is 7.96. The van der Waals surface area contributed by atoms with Gasteiger partial charge in [-0.1, -0.05) is 12.1 Å². The third-order valence-corrected chi connectivity index (χ3v) is 3.94. The van der Waals surface area contributed by atoms with Crippen LogP contribution in [0.25, 0.3) is 0 Å². The lowest BCUT2D eigenvalue weighted by molar-refractivity contribution is -0.121. The Bertz CT molecular complexity index is 555. The lowest BCUT2D eigenvalue weighted by Gasteiger charge is -2.28. The van der Waals surface area contributed by atoms with Crippen molar-refractivity contribution in [1.29, 1.82) is 0 Å². The number of nitrogens with zero attached hydrogens (tertiary/aromatic N) is 1. The molecule has 0 saturated carbocycles. The summed E-state index contributed by atoms with van der Waals surface area (Å²) in [5.74, 6) is -0.311. The summed E-state index contributed by atoms with van der Waals surface area (Å²) in [5.41, 5.74) is 1.44. The van der Waals surface area contributed by atoms with E-state index in [9.17, 15) is 13.2 Å². The number of likely N-dealkylation sites (N-methyl/N-ethyl adjacent to an activating group) is 1. The van der Waals surface area contributed by atoms with Gasteiger partial charge in [0.15, 0.2) is 0 Å². The van der Waals surface area contributed by atoms with Crippen LogP contribution < -0.4 is 9.62 Å². The Kier molecular flexibility index (Phi) is 4.94. The lowest BCUT2D eigenvalue weighted by atomic mass is 10.2. The van der Waals surface area contributed by atoms with Gasteiger partial charge in [0.2, 0.25) is 15.9 Å². The number of aryl methyl sites for hydroxylation is 1. The van der Waals surface area contributed by atoms with Crippen LogP contribution in [0.3, 0.4) is 0 Å². The molecule has 1 N–H and O–H groups in total. The Morgan fingerprint density at radius 1 is 1.42 bits per heavy atom. The van der Waals surface area contributed by atoms with E-state index in [2.05, 4.69) is 5.32 Å². The molecule has 0 spiro atoms. The van der Waals surface area contributed by atoms with Crippen molar-refractivity contribution in [2.45, 2.75) is 26.8 Å². The molecule has 0 unspecified atom stereocenters. The number of benzene rings is 1. The van der Waals surface area contributed by atoms with Crippen molar-refractivity contribution in [2.24, 2.45) is 0 Å². The predicted molar refractivity (Wildman–Crippen MR) is 76.6 cm³/mol. The molecule has 106 valence electrons.